The third kappa shape index (κ3) is 1.96. The Morgan fingerprint density at radius 1 is 1.31 bits per heavy atom. The molecule has 0 bridgehead atoms. The van der Waals surface area contributed by atoms with Crippen LogP contribution in [0.4, 0.5) is 4.39 Å². The maximum absolute atomic E-state index is 13.5. The lowest BCUT2D eigenvalue weighted by molar-refractivity contribution is 0.179. The van der Waals surface area contributed by atoms with Gasteiger partial charge in [0.2, 0.25) is 0 Å². The van der Waals surface area contributed by atoms with Crippen LogP contribution in [-0.4, -0.2) is 24.9 Å². The first kappa shape index (κ1) is 11.2. The molecule has 3 N–H and O–H groups in total. The molecule has 0 aromatic heterocycles. The van der Waals surface area contributed by atoms with E-state index >= 15 is 0 Å². The van der Waals surface area contributed by atoms with Crippen LogP contribution in [0.25, 0.3) is 0 Å². The van der Waals surface area contributed by atoms with Crippen molar-refractivity contribution in [3.05, 3.63) is 23.5 Å². The lowest BCUT2D eigenvalue weighted by Gasteiger charge is -2.16. The van der Waals surface area contributed by atoms with Gasteiger partial charge in [-0.1, -0.05) is 0 Å². The van der Waals surface area contributed by atoms with Crippen LogP contribution in [0.1, 0.15) is 18.1 Å². The highest BCUT2D eigenvalue weighted by atomic mass is 19.1. The fraction of sp³-hybridized carbons (Fsp3) is 0.455. The van der Waals surface area contributed by atoms with Gasteiger partial charge in [0, 0.05) is 18.5 Å². The molecule has 1 heterocycles. The van der Waals surface area contributed by atoms with Crippen LogP contribution in [-0.2, 0) is 0 Å². The van der Waals surface area contributed by atoms with Crippen LogP contribution >= 0.6 is 0 Å². The fourth-order valence-electron chi connectivity index (χ4n) is 1.63. The van der Waals surface area contributed by atoms with Crippen molar-refractivity contribution in [3.63, 3.8) is 0 Å². The number of rotatable bonds is 2. The van der Waals surface area contributed by atoms with E-state index in [9.17, 15) is 9.50 Å². The van der Waals surface area contributed by atoms with E-state index < -0.39 is 11.9 Å². The standard InChI is InChI=1S/C11H14FNO3/c12-8-3-2-7(9(14)6-13)10-11(8)16-5-1-4-15-10/h2-3,9,14H,1,4-6,13H2. The van der Waals surface area contributed by atoms with Gasteiger partial charge in [-0.3, -0.25) is 0 Å². The second-order valence-corrected chi connectivity index (χ2v) is 3.60. The predicted molar refractivity (Wildman–Crippen MR) is 56.0 cm³/mol. The quantitative estimate of drug-likeness (QED) is 0.790. The minimum Gasteiger partial charge on any atom is -0.489 e. The fourth-order valence-corrected chi connectivity index (χ4v) is 1.63. The molecule has 5 heteroatoms. The maximum Gasteiger partial charge on any atom is 0.197 e. The highest BCUT2D eigenvalue weighted by molar-refractivity contribution is 5.49. The molecule has 0 saturated heterocycles. The molecule has 1 unspecified atom stereocenters. The lowest BCUT2D eigenvalue weighted by atomic mass is 10.1. The Hall–Kier alpha value is -1.33. The molecule has 1 aromatic carbocycles. The van der Waals surface area contributed by atoms with Crippen LogP contribution in [0, 0.1) is 5.82 Å². The number of aliphatic hydroxyl groups excluding tert-OH is 1. The monoisotopic (exact) mass is 227 g/mol. The highest BCUT2D eigenvalue weighted by Gasteiger charge is 2.22. The van der Waals surface area contributed by atoms with Crippen LogP contribution in [0.15, 0.2) is 12.1 Å². The number of fused-ring (bicyclic) bond motifs is 1. The Labute approximate surface area is 92.8 Å². The van der Waals surface area contributed by atoms with Gasteiger partial charge in [0.25, 0.3) is 0 Å². The second kappa shape index (κ2) is 4.67. The van der Waals surface area contributed by atoms with Crippen molar-refractivity contribution in [2.24, 2.45) is 5.73 Å². The summed E-state index contributed by atoms with van der Waals surface area (Å²) in [5.74, 6) is -0.136. The van der Waals surface area contributed by atoms with Gasteiger partial charge in [-0.2, -0.15) is 0 Å². The van der Waals surface area contributed by atoms with E-state index in [2.05, 4.69) is 0 Å². The van der Waals surface area contributed by atoms with Gasteiger partial charge in [-0.05, 0) is 12.1 Å². The molecule has 1 atom stereocenters. The third-order valence-electron chi connectivity index (χ3n) is 2.46. The van der Waals surface area contributed by atoms with Gasteiger partial charge in [0.1, 0.15) is 0 Å². The second-order valence-electron chi connectivity index (χ2n) is 3.60. The first-order chi connectivity index (χ1) is 7.74. The summed E-state index contributed by atoms with van der Waals surface area (Å²) in [6, 6.07) is 2.72. The summed E-state index contributed by atoms with van der Waals surface area (Å²) in [7, 11) is 0. The topological polar surface area (TPSA) is 64.7 Å². The van der Waals surface area contributed by atoms with Crippen molar-refractivity contribution in [2.75, 3.05) is 19.8 Å². The van der Waals surface area contributed by atoms with E-state index in [1.165, 1.54) is 12.1 Å². The number of hydrogen-bond acceptors (Lipinski definition) is 4. The summed E-state index contributed by atoms with van der Waals surface area (Å²) in [5, 5.41) is 9.68. The molecular weight excluding hydrogens is 213 g/mol. The van der Waals surface area contributed by atoms with Gasteiger partial charge in [0.15, 0.2) is 17.3 Å². The smallest absolute Gasteiger partial charge is 0.197 e. The van der Waals surface area contributed by atoms with Crippen LogP contribution in [0.2, 0.25) is 0 Å². The van der Waals surface area contributed by atoms with Crippen molar-refractivity contribution >= 4 is 0 Å². The minimum atomic E-state index is -0.865. The molecule has 1 aliphatic heterocycles. The number of aliphatic hydroxyl groups is 1. The first-order valence-corrected chi connectivity index (χ1v) is 5.20. The predicted octanol–water partition coefficient (Wildman–Crippen LogP) is 0.979. The molecule has 4 nitrogen and oxygen atoms in total. The van der Waals surface area contributed by atoms with E-state index in [0.717, 1.165) is 0 Å². The summed E-state index contributed by atoms with van der Waals surface area (Å²) >= 11 is 0. The number of ether oxygens (including phenoxy) is 2. The van der Waals surface area contributed by atoms with Gasteiger partial charge >= 0.3 is 0 Å². The Kier molecular flexibility index (Phi) is 3.26. The molecular formula is C11H14FNO3. The van der Waals surface area contributed by atoms with Crippen LogP contribution in [0.5, 0.6) is 11.5 Å². The number of halogens is 1. The zero-order valence-corrected chi connectivity index (χ0v) is 8.78. The van der Waals surface area contributed by atoms with Crippen molar-refractivity contribution in [2.45, 2.75) is 12.5 Å². The molecule has 0 spiro atoms. The van der Waals surface area contributed by atoms with Gasteiger partial charge in [-0.15, -0.1) is 0 Å². The average Bonchev–Trinajstić information content (AvgIpc) is 2.55. The van der Waals surface area contributed by atoms with Crippen molar-refractivity contribution in [1.82, 2.24) is 0 Å². The molecule has 0 amide bonds. The molecule has 88 valence electrons. The molecule has 1 aromatic rings. The summed E-state index contributed by atoms with van der Waals surface area (Å²) in [6.07, 6.45) is -0.178. The van der Waals surface area contributed by atoms with E-state index in [4.69, 9.17) is 15.2 Å². The number of hydrogen-bond donors (Lipinski definition) is 2. The Morgan fingerprint density at radius 2 is 2.00 bits per heavy atom. The van der Waals surface area contributed by atoms with Gasteiger partial charge < -0.3 is 20.3 Å². The summed E-state index contributed by atoms with van der Waals surface area (Å²) in [5.41, 5.74) is 5.85. The van der Waals surface area contributed by atoms with Crippen LogP contribution in [0.3, 0.4) is 0 Å². The van der Waals surface area contributed by atoms with E-state index in [0.29, 0.717) is 25.2 Å². The van der Waals surface area contributed by atoms with Crippen molar-refractivity contribution in [3.8, 4) is 11.5 Å². The minimum absolute atomic E-state index is 0.0570. The lowest BCUT2D eigenvalue weighted by Crippen LogP contribution is -2.13. The average molecular weight is 227 g/mol. The zero-order valence-electron chi connectivity index (χ0n) is 8.78. The Balaban J connectivity index is 2.47. The zero-order chi connectivity index (χ0) is 11.5. The highest BCUT2D eigenvalue weighted by Crippen LogP contribution is 2.38. The van der Waals surface area contributed by atoms with E-state index in [-0.39, 0.29) is 18.0 Å². The summed E-state index contributed by atoms with van der Waals surface area (Å²) in [4.78, 5) is 0. The first-order valence-electron chi connectivity index (χ1n) is 5.20. The SMILES string of the molecule is NCC(O)c1ccc(F)c2c1OCCCO2. The molecule has 0 fully saturated rings. The molecule has 1 aliphatic rings. The molecule has 0 aliphatic carbocycles. The number of nitrogens with two attached hydrogens (primary N) is 1. The molecule has 16 heavy (non-hydrogen) atoms. The molecule has 0 radical (unpaired) electrons. The van der Waals surface area contributed by atoms with E-state index in [1.807, 2.05) is 0 Å². The maximum atomic E-state index is 13.5. The van der Waals surface area contributed by atoms with Crippen LogP contribution < -0.4 is 15.2 Å². The van der Waals surface area contributed by atoms with Crippen molar-refractivity contribution in [1.29, 1.82) is 0 Å². The summed E-state index contributed by atoms with van der Waals surface area (Å²) < 4.78 is 24.1. The van der Waals surface area contributed by atoms with Crippen molar-refractivity contribution < 1.29 is 19.0 Å². The normalized spacial score (nSPS) is 16.7. The number of benzene rings is 1. The van der Waals surface area contributed by atoms with Gasteiger partial charge in [-0.25, -0.2) is 4.39 Å². The molecule has 0 saturated carbocycles. The largest absolute Gasteiger partial charge is 0.489 e. The molecule has 2 rings (SSSR count). The third-order valence-corrected chi connectivity index (χ3v) is 2.46. The van der Waals surface area contributed by atoms with Gasteiger partial charge in [0.05, 0.1) is 19.3 Å². The summed E-state index contributed by atoms with van der Waals surface area (Å²) in [6.45, 7) is 0.911. The Morgan fingerprint density at radius 3 is 2.69 bits per heavy atom. The van der Waals surface area contributed by atoms with E-state index in [1.54, 1.807) is 0 Å². The Bertz CT molecular complexity index is 384.